The van der Waals surface area contributed by atoms with Crippen molar-refractivity contribution >= 4 is 34.4 Å². The molecule has 0 saturated carbocycles. The lowest BCUT2D eigenvalue weighted by molar-refractivity contribution is -0.384. The highest BCUT2D eigenvalue weighted by molar-refractivity contribution is 6.32. The molecule has 9 nitrogen and oxygen atoms in total. The minimum absolute atomic E-state index is 0.0253. The van der Waals surface area contributed by atoms with Crippen molar-refractivity contribution in [2.24, 2.45) is 5.10 Å². The first-order valence-corrected chi connectivity index (χ1v) is 9.74. The van der Waals surface area contributed by atoms with E-state index in [-0.39, 0.29) is 17.3 Å². The van der Waals surface area contributed by atoms with E-state index in [1.54, 1.807) is 54.6 Å². The topological polar surface area (TPSA) is 120 Å². The Labute approximate surface area is 185 Å². The Morgan fingerprint density at radius 1 is 1.09 bits per heavy atom. The number of nitro benzene ring substituents is 1. The third-order valence-electron chi connectivity index (χ3n) is 4.58. The van der Waals surface area contributed by atoms with Crippen LogP contribution >= 0.6 is 11.6 Å². The second kappa shape index (κ2) is 8.86. The maximum Gasteiger partial charge on any atom is 0.349 e. The van der Waals surface area contributed by atoms with Crippen molar-refractivity contribution < 1.29 is 9.66 Å². The minimum Gasteiger partial charge on any atom is -0.487 e. The van der Waals surface area contributed by atoms with Crippen LogP contribution in [0.1, 0.15) is 11.1 Å². The van der Waals surface area contributed by atoms with Gasteiger partial charge in [-0.15, -0.1) is 4.68 Å². The van der Waals surface area contributed by atoms with E-state index in [1.165, 1.54) is 18.3 Å². The maximum atomic E-state index is 12.5. The first-order chi connectivity index (χ1) is 15.4. The number of hydrogen-bond donors (Lipinski definition) is 1. The van der Waals surface area contributed by atoms with E-state index in [9.17, 15) is 19.7 Å². The fourth-order valence-electron chi connectivity index (χ4n) is 3.02. The van der Waals surface area contributed by atoms with Gasteiger partial charge in [-0.1, -0.05) is 35.9 Å². The van der Waals surface area contributed by atoms with Crippen LogP contribution < -0.4 is 16.0 Å². The Kier molecular flexibility index (Phi) is 5.82. The van der Waals surface area contributed by atoms with Crippen molar-refractivity contribution in [3.63, 3.8) is 0 Å². The van der Waals surface area contributed by atoms with Gasteiger partial charge in [-0.25, -0.2) is 4.79 Å². The average molecular weight is 451 g/mol. The molecular formula is C22H15ClN4O5. The van der Waals surface area contributed by atoms with E-state index < -0.39 is 16.2 Å². The molecule has 0 amide bonds. The van der Waals surface area contributed by atoms with Gasteiger partial charge in [0.25, 0.3) is 11.2 Å². The number of H-pyrrole nitrogens is 1. The van der Waals surface area contributed by atoms with E-state index in [0.717, 1.165) is 4.68 Å². The molecule has 160 valence electrons. The Hall–Kier alpha value is -4.24. The van der Waals surface area contributed by atoms with Gasteiger partial charge in [0.2, 0.25) is 0 Å². The van der Waals surface area contributed by atoms with Crippen LogP contribution in [0.5, 0.6) is 5.75 Å². The van der Waals surface area contributed by atoms with Crippen molar-refractivity contribution in [1.29, 1.82) is 0 Å². The zero-order valence-electron chi connectivity index (χ0n) is 16.4. The quantitative estimate of drug-likeness (QED) is 0.273. The SMILES string of the molecule is O=c1[nH]c2ccccc2c(=O)n1N=Cc1ccc(OCc2cccc([N+](=O)[O-])c2)c(Cl)c1. The predicted molar refractivity (Wildman–Crippen MR) is 121 cm³/mol. The van der Waals surface area contributed by atoms with E-state index in [1.807, 2.05) is 0 Å². The largest absolute Gasteiger partial charge is 0.487 e. The summed E-state index contributed by atoms with van der Waals surface area (Å²) in [6.07, 6.45) is 1.33. The zero-order valence-corrected chi connectivity index (χ0v) is 17.2. The molecule has 0 bridgehead atoms. The molecule has 4 aromatic rings. The highest BCUT2D eigenvalue weighted by Gasteiger charge is 2.09. The number of ether oxygens (including phenoxy) is 1. The van der Waals surface area contributed by atoms with Crippen LogP contribution in [0.15, 0.2) is 81.4 Å². The van der Waals surface area contributed by atoms with Crippen molar-refractivity contribution in [2.75, 3.05) is 0 Å². The van der Waals surface area contributed by atoms with Crippen molar-refractivity contribution in [3.8, 4) is 5.75 Å². The monoisotopic (exact) mass is 450 g/mol. The molecule has 32 heavy (non-hydrogen) atoms. The normalized spacial score (nSPS) is 11.2. The molecule has 0 radical (unpaired) electrons. The van der Waals surface area contributed by atoms with Crippen molar-refractivity contribution in [1.82, 2.24) is 9.66 Å². The van der Waals surface area contributed by atoms with Crippen LogP contribution in [-0.2, 0) is 6.61 Å². The van der Waals surface area contributed by atoms with Gasteiger partial charge in [0.1, 0.15) is 12.4 Å². The molecule has 0 aliphatic heterocycles. The summed E-state index contributed by atoms with van der Waals surface area (Å²) in [5.74, 6) is 0.371. The summed E-state index contributed by atoms with van der Waals surface area (Å²) in [4.78, 5) is 37.7. The molecule has 0 spiro atoms. The Morgan fingerprint density at radius 2 is 1.91 bits per heavy atom. The lowest BCUT2D eigenvalue weighted by Crippen LogP contribution is -2.32. The second-order valence-electron chi connectivity index (χ2n) is 6.74. The molecule has 10 heteroatoms. The number of nitrogens with one attached hydrogen (secondary N) is 1. The van der Waals surface area contributed by atoms with Gasteiger partial charge in [0.15, 0.2) is 0 Å². The van der Waals surface area contributed by atoms with Gasteiger partial charge in [-0.2, -0.15) is 5.10 Å². The number of para-hydroxylation sites is 1. The van der Waals surface area contributed by atoms with Crippen LogP contribution in [0.4, 0.5) is 5.69 Å². The van der Waals surface area contributed by atoms with Crippen LogP contribution in [-0.4, -0.2) is 20.8 Å². The fourth-order valence-corrected chi connectivity index (χ4v) is 3.26. The number of rotatable bonds is 6. The molecule has 3 aromatic carbocycles. The first-order valence-electron chi connectivity index (χ1n) is 9.36. The number of nitrogens with zero attached hydrogens (tertiary/aromatic N) is 3. The van der Waals surface area contributed by atoms with Gasteiger partial charge in [0, 0.05) is 12.1 Å². The molecule has 0 saturated heterocycles. The summed E-state index contributed by atoms with van der Waals surface area (Å²) in [5, 5.41) is 15.5. The van der Waals surface area contributed by atoms with E-state index in [4.69, 9.17) is 16.3 Å². The molecule has 0 aliphatic carbocycles. The third-order valence-corrected chi connectivity index (χ3v) is 4.87. The van der Waals surface area contributed by atoms with Crippen LogP contribution in [0, 0.1) is 10.1 Å². The third kappa shape index (κ3) is 4.42. The molecular weight excluding hydrogens is 436 g/mol. The fraction of sp³-hybridized carbons (Fsp3) is 0.0455. The van der Waals surface area contributed by atoms with Gasteiger partial charge < -0.3 is 9.72 Å². The first kappa shape index (κ1) is 21.0. The molecule has 4 rings (SSSR count). The van der Waals surface area contributed by atoms with Gasteiger partial charge in [-0.05, 0) is 41.5 Å². The number of non-ortho nitro benzene ring substituents is 1. The Balaban J connectivity index is 1.53. The number of hydrogen-bond acceptors (Lipinski definition) is 6. The number of halogens is 1. The number of fused-ring (bicyclic) bond motifs is 1. The lowest BCUT2D eigenvalue weighted by Gasteiger charge is -2.08. The van der Waals surface area contributed by atoms with Crippen LogP contribution in [0.2, 0.25) is 5.02 Å². The van der Waals surface area contributed by atoms with E-state index in [0.29, 0.717) is 27.8 Å². The van der Waals surface area contributed by atoms with Gasteiger partial charge in [-0.3, -0.25) is 14.9 Å². The maximum absolute atomic E-state index is 12.5. The molecule has 0 unspecified atom stereocenters. The van der Waals surface area contributed by atoms with Gasteiger partial charge >= 0.3 is 5.69 Å². The predicted octanol–water partition coefficient (Wildman–Crippen LogP) is 3.71. The summed E-state index contributed by atoms with van der Waals surface area (Å²) < 4.78 is 6.39. The van der Waals surface area contributed by atoms with Crippen LogP contribution in [0.3, 0.4) is 0 Å². The summed E-state index contributed by atoms with van der Waals surface area (Å²) in [7, 11) is 0. The molecule has 1 heterocycles. The summed E-state index contributed by atoms with van der Waals surface area (Å²) in [5.41, 5.74) is 0.370. The smallest absolute Gasteiger partial charge is 0.349 e. The molecule has 0 atom stereocenters. The van der Waals surface area contributed by atoms with Crippen molar-refractivity contribution in [2.45, 2.75) is 6.61 Å². The summed E-state index contributed by atoms with van der Waals surface area (Å²) in [6, 6.07) is 17.6. The molecule has 0 aliphatic rings. The summed E-state index contributed by atoms with van der Waals surface area (Å²) in [6.45, 7) is 0.0939. The number of aromatic nitrogens is 2. The lowest BCUT2D eigenvalue weighted by atomic mass is 10.2. The second-order valence-corrected chi connectivity index (χ2v) is 7.15. The molecule has 1 aromatic heterocycles. The highest BCUT2D eigenvalue weighted by atomic mass is 35.5. The van der Waals surface area contributed by atoms with Crippen LogP contribution in [0.25, 0.3) is 10.9 Å². The van der Waals surface area contributed by atoms with E-state index in [2.05, 4.69) is 10.1 Å². The van der Waals surface area contributed by atoms with E-state index >= 15 is 0 Å². The Morgan fingerprint density at radius 3 is 2.69 bits per heavy atom. The number of nitro groups is 1. The van der Waals surface area contributed by atoms with Crippen molar-refractivity contribution in [3.05, 3.63) is 114 Å². The standard InChI is InChI=1S/C22H15ClN4O5/c23-18-11-14(8-9-20(18)32-13-15-4-3-5-16(10-15)27(30)31)12-24-26-21(28)17-6-1-2-7-19(17)25-22(26)29/h1-12H,13H2,(H,25,29). The zero-order chi connectivity index (χ0) is 22.7. The highest BCUT2D eigenvalue weighted by Crippen LogP contribution is 2.26. The molecule has 1 N–H and O–H groups in total. The molecule has 0 fully saturated rings. The number of benzene rings is 3. The average Bonchev–Trinajstić information content (AvgIpc) is 2.78. The Bertz CT molecular complexity index is 1480. The number of aromatic amines is 1. The summed E-state index contributed by atoms with van der Waals surface area (Å²) >= 11 is 6.27. The minimum atomic E-state index is -0.659. The van der Waals surface area contributed by atoms with Gasteiger partial charge in [0.05, 0.1) is 27.1 Å².